The molecule has 1 aliphatic rings. The zero-order chi connectivity index (χ0) is 7.84. The van der Waals surface area contributed by atoms with Crippen molar-refractivity contribution < 1.29 is 6.22 Å². The average Bonchev–Trinajstić information content (AvgIpc) is 2.31. The van der Waals surface area contributed by atoms with Crippen molar-refractivity contribution in [2.24, 2.45) is 0 Å². The van der Waals surface area contributed by atoms with E-state index in [1.165, 1.54) is 0 Å². The van der Waals surface area contributed by atoms with E-state index in [1.807, 2.05) is 13.0 Å². The number of nitrogens with one attached hydrogen (secondary N) is 1. The van der Waals surface area contributed by atoms with Crippen molar-refractivity contribution in [2.45, 2.75) is 26.2 Å². The van der Waals surface area contributed by atoms with Crippen LogP contribution < -0.4 is 0 Å². The van der Waals surface area contributed by atoms with E-state index in [1.54, 1.807) is 0 Å². The Morgan fingerprint density at radius 1 is 1.55 bits per heavy atom. The molecule has 11 heavy (non-hydrogen) atoms. The minimum absolute atomic E-state index is 0. The molecule has 2 nitrogen and oxygen atoms in total. The summed E-state index contributed by atoms with van der Waals surface area (Å²) in [5, 5.41) is 0. The van der Waals surface area contributed by atoms with Gasteiger partial charge in [0, 0.05) is 24.8 Å². The highest BCUT2D eigenvalue weighted by Crippen LogP contribution is 2.20. The predicted molar refractivity (Wildman–Crippen MR) is 44.9 cm³/mol. The van der Waals surface area contributed by atoms with Crippen LogP contribution in [0.2, 0.25) is 0 Å². The molecule has 0 spiro atoms. The van der Waals surface area contributed by atoms with Crippen molar-refractivity contribution in [3.8, 4) is 0 Å². The second-order valence-corrected chi connectivity index (χ2v) is 3.12. The number of hydrogen-bond acceptors (Lipinski definition) is 1. The Balaban J connectivity index is 0.000000720. The molecule has 0 saturated heterocycles. The van der Waals surface area contributed by atoms with Crippen LogP contribution in [0.25, 0.3) is 0 Å². The summed E-state index contributed by atoms with van der Waals surface area (Å²) in [6.45, 7) is 1.99. The lowest BCUT2D eigenvalue weighted by atomic mass is 9.97. The molecule has 2 rings (SSSR count). The highest BCUT2D eigenvalue weighted by Gasteiger charge is 2.18. The van der Waals surface area contributed by atoms with E-state index in [0.717, 1.165) is 36.2 Å². The topological polar surface area (TPSA) is 32.9 Å². The molecule has 0 saturated carbocycles. The number of rotatable bonds is 0. The Bertz CT molecular complexity index is 303. The number of H-pyrrole nitrogens is 1. The van der Waals surface area contributed by atoms with E-state index in [-0.39, 0.29) is 1.43 Å². The van der Waals surface area contributed by atoms with Crippen LogP contribution in [0.4, 0.5) is 0 Å². The minimum atomic E-state index is 0. The van der Waals surface area contributed by atoms with Crippen molar-refractivity contribution in [3.05, 3.63) is 23.0 Å². The van der Waals surface area contributed by atoms with Crippen molar-refractivity contribution in [3.63, 3.8) is 0 Å². The summed E-state index contributed by atoms with van der Waals surface area (Å²) < 4.78 is 0. The standard InChI is InChI=1S/C9H11NO.H2/c1-6-5-7-8(10-6)3-2-4-9(7)11;/h5,10H,2-4H2,1H3;1H. The highest BCUT2D eigenvalue weighted by molar-refractivity contribution is 5.98. The van der Waals surface area contributed by atoms with Gasteiger partial charge in [0.25, 0.3) is 0 Å². The summed E-state index contributed by atoms with van der Waals surface area (Å²) in [7, 11) is 0. The molecule has 0 radical (unpaired) electrons. The van der Waals surface area contributed by atoms with Crippen molar-refractivity contribution in [2.75, 3.05) is 0 Å². The number of carbonyl (C=O) groups is 1. The van der Waals surface area contributed by atoms with Gasteiger partial charge >= 0.3 is 0 Å². The Kier molecular flexibility index (Phi) is 1.34. The Hall–Kier alpha value is -1.05. The molecule has 0 aliphatic heterocycles. The fraction of sp³-hybridized carbons (Fsp3) is 0.444. The Morgan fingerprint density at radius 3 is 3.09 bits per heavy atom. The lowest BCUT2D eigenvalue weighted by Crippen LogP contribution is -2.08. The quantitative estimate of drug-likeness (QED) is 0.605. The number of Topliss-reactive ketones (excluding diaryl/α,β-unsaturated/α-hetero) is 1. The number of carbonyl (C=O) groups excluding carboxylic acids is 1. The van der Waals surface area contributed by atoms with Crippen molar-refractivity contribution >= 4 is 5.78 Å². The number of aromatic nitrogens is 1. The number of aromatic amines is 1. The normalized spacial score (nSPS) is 16.6. The first-order chi connectivity index (χ1) is 5.27. The summed E-state index contributed by atoms with van der Waals surface area (Å²) in [5.41, 5.74) is 3.16. The molecule has 1 aromatic rings. The second-order valence-electron chi connectivity index (χ2n) is 3.12. The molecular formula is C9H13NO. The van der Waals surface area contributed by atoms with E-state index in [2.05, 4.69) is 4.98 Å². The maximum Gasteiger partial charge on any atom is 0.164 e. The molecule has 0 fully saturated rings. The summed E-state index contributed by atoms with van der Waals surface area (Å²) in [6.07, 6.45) is 2.77. The van der Waals surface area contributed by atoms with Crippen LogP contribution in [-0.2, 0) is 6.42 Å². The van der Waals surface area contributed by atoms with Crippen molar-refractivity contribution in [1.29, 1.82) is 0 Å². The van der Waals surface area contributed by atoms with Crippen LogP contribution in [0, 0.1) is 6.92 Å². The van der Waals surface area contributed by atoms with Crippen LogP contribution in [-0.4, -0.2) is 10.8 Å². The number of aryl methyl sites for hydroxylation is 2. The molecule has 1 aromatic heterocycles. The van der Waals surface area contributed by atoms with E-state index in [9.17, 15) is 4.79 Å². The van der Waals surface area contributed by atoms with Crippen LogP contribution in [0.3, 0.4) is 0 Å². The molecule has 0 bridgehead atoms. The fourth-order valence-electron chi connectivity index (χ4n) is 1.65. The van der Waals surface area contributed by atoms with Crippen molar-refractivity contribution in [1.82, 2.24) is 4.98 Å². The summed E-state index contributed by atoms with van der Waals surface area (Å²) >= 11 is 0. The van der Waals surface area contributed by atoms with Gasteiger partial charge in [-0.2, -0.15) is 0 Å². The predicted octanol–water partition coefficient (Wildman–Crippen LogP) is 2.09. The van der Waals surface area contributed by atoms with Crippen LogP contribution in [0.1, 0.15) is 36.0 Å². The molecule has 0 atom stereocenters. The van der Waals surface area contributed by atoms with E-state index >= 15 is 0 Å². The first-order valence-corrected chi connectivity index (χ1v) is 3.99. The third-order valence-corrected chi connectivity index (χ3v) is 2.17. The molecule has 1 heterocycles. The zero-order valence-electron chi connectivity index (χ0n) is 6.61. The summed E-state index contributed by atoms with van der Waals surface area (Å²) in [6, 6.07) is 1.96. The van der Waals surface area contributed by atoms with Gasteiger partial charge in [0.1, 0.15) is 0 Å². The van der Waals surface area contributed by atoms with Gasteiger partial charge in [0.2, 0.25) is 0 Å². The van der Waals surface area contributed by atoms with E-state index < -0.39 is 0 Å². The fourth-order valence-corrected chi connectivity index (χ4v) is 1.65. The van der Waals surface area contributed by atoms with Crippen LogP contribution in [0.5, 0.6) is 0 Å². The lowest BCUT2D eigenvalue weighted by Gasteiger charge is -2.08. The zero-order valence-corrected chi connectivity index (χ0v) is 6.61. The van der Waals surface area contributed by atoms with Gasteiger partial charge in [0.05, 0.1) is 0 Å². The van der Waals surface area contributed by atoms with Crippen LogP contribution in [0.15, 0.2) is 6.07 Å². The molecule has 0 amide bonds. The molecule has 1 aliphatic carbocycles. The number of hydrogen-bond donors (Lipinski definition) is 1. The SMILES string of the molecule is Cc1cc2c([nH]1)CCCC2=O.[HH]. The van der Waals surface area contributed by atoms with E-state index in [0.29, 0.717) is 5.78 Å². The maximum absolute atomic E-state index is 11.3. The van der Waals surface area contributed by atoms with Gasteiger partial charge in [-0.05, 0) is 25.8 Å². The first kappa shape index (κ1) is 6.65. The minimum Gasteiger partial charge on any atom is -0.362 e. The van der Waals surface area contributed by atoms with Gasteiger partial charge in [0.15, 0.2) is 5.78 Å². The average molecular weight is 151 g/mol. The largest absolute Gasteiger partial charge is 0.362 e. The third kappa shape index (κ3) is 0.985. The van der Waals surface area contributed by atoms with Gasteiger partial charge in [-0.1, -0.05) is 0 Å². The maximum atomic E-state index is 11.3. The second kappa shape index (κ2) is 2.22. The first-order valence-electron chi connectivity index (χ1n) is 3.99. The highest BCUT2D eigenvalue weighted by atomic mass is 16.1. The molecule has 0 aromatic carbocycles. The lowest BCUT2D eigenvalue weighted by molar-refractivity contribution is 0.0972. The van der Waals surface area contributed by atoms with E-state index in [4.69, 9.17) is 0 Å². The molecule has 1 N–H and O–H groups in total. The Morgan fingerprint density at radius 2 is 2.36 bits per heavy atom. The smallest absolute Gasteiger partial charge is 0.164 e. The van der Waals surface area contributed by atoms with Gasteiger partial charge < -0.3 is 4.98 Å². The molecule has 60 valence electrons. The summed E-state index contributed by atoms with van der Waals surface area (Å²) in [4.78, 5) is 14.5. The number of fused-ring (bicyclic) bond motifs is 1. The van der Waals surface area contributed by atoms with Crippen LogP contribution >= 0.6 is 0 Å². The third-order valence-electron chi connectivity index (χ3n) is 2.17. The molecular weight excluding hydrogens is 138 g/mol. The Labute approximate surface area is 67.1 Å². The summed E-state index contributed by atoms with van der Waals surface area (Å²) in [5.74, 6) is 0.301. The monoisotopic (exact) mass is 151 g/mol. The van der Waals surface area contributed by atoms with Gasteiger partial charge in [-0.25, -0.2) is 0 Å². The van der Waals surface area contributed by atoms with Gasteiger partial charge in [-0.15, -0.1) is 0 Å². The number of ketones is 1. The molecule has 0 unspecified atom stereocenters. The molecule has 2 heteroatoms. The van der Waals surface area contributed by atoms with Gasteiger partial charge in [-0.3, -0.25) is 4.79 Å².